The number of aromatic amines is 1. The van der Waals surface area contributed by atoms with E-state index < -0.39 is 4.92 Å². The Bertz CT molecular complexity index is 751. The van der Waals surface area contributed by atoms with Crippen LogP contribution in [0.5, 0.6) is 0 Å². The first-order chi connectivity index (χ1) is 9.24. The molecule has 0 fully saturated rings. The summed E-state index contributed by atoms with van der Waals surface area (Å²) >= 11 is 0. The summed E-state index contributed by atoms with van der Waals surface area (Å²) in [5, 5.41) is 21.7. The van der Waals surface area contributed by atoms with Crippen LogP contribution in [0.2, 0.25) is 0 Å². The molecule has 0 saturated carbocycles. The van der Waals surface area contributed by atoms with Gasteiger partial charge in [0.15, 0.2) is 0 Å². The number of nitrogens with zero attached hydrogens (tertiary/aromatic N) is 2. The molecule has 3 rings (SSSR count). The van der Waals surface area contributed by atoms with Crippen molar-refractivity contribution in [2.75, 3.05) is 5.32 Å². The first-order valence-electron chi connectivity index (χ1n) is 5.67. The van der Waals surface area contributed by atoms with Crippen molar-refractivity contribution in [3.8, 4) is 0 Å². The lowest BCUT2D eigenvalue weighted by Crippen LogP contribution is -1.96. The Labute approximate surface area is 108 Å². The van der Waals surface area contributed by atoms with E-state index in [0.29, 0.717) is 5.69 Å². The summed E-state index contributed by atoms with van der Waals surface area (Å²) in [6.45, 7) is 0. The Kier molecular flexibility index (Phi) is 2.60. The highest BCUT2D eigenvalue weighted by atomic mass is 16.6. The van der Waals surface area contributed by atoms with Gasteiger partial charge in [-0.1, -0.05) is 12.1 Å². The molecule has 0 aliphatic heterocycles. The molecule has 94 valence electrons. The Morgan fingerprint density at radius 2 is 2.05 bits per heavy atom. The molecule has 3 aromatic rings. The van der Waals surface area contributed by atoms with Crippen LogP contribution in [0.25, 0.3) is 10.9 Å². The average Bonchev–Trinajstić information content (AvgIpc) is 2.86. The summed E-state index contributed by atoms with van der Waals surface area (Å²) in [6.07, 6.45) is 1.71. The minimum atomic E-state index is -0.404. The van der Waals surface area contributed by atoms with Crippen molar-refractivity contribution in [3.05, 3.63) is 58.8 Å². The van der Waals surface area contributed by atoms with E-state index in [0.717, 1.165) is 16.6 Å². The van der Waals surface area contributed by atoms with Crippen molar-refractivity contribution in [2.45, 2.75) is 0 Å². The van der Waals surface area contributed by atoms with Crippen LogP contribution in [0, 0.1) is 10.1 Å². The van der Waals surface area contributed by atoms with Crippen molar-refractivity contribution in [1.29, 1.82) is 0 Å². The molecule has 1 aromatic heterocycles. The molecule has 0 unspecified atom stereocenters. The number of nitro benzene ring substituents is 1. The van der Waals surface area contributed by atoms with Crippen molar-refractivity contribution in [1.82, 2.24) is 10.2 Å². The zero-order valence-electron chi connectivity index (χ0n) is 9.83. The number of nitrogens with one attached hydrogen (secondary N) is 2. The number of fused-ring (bicyclic) bond motifs is 1. The summed E-state index contributed by atoms with van der Waals surface area (Å²) < 4.78 is 0. The van der Waals surface area contributed by atoms with E-state index in [1.54, 1.807) is 24.4 Å². The number of H-pyrrole nitrogens is 1. The van der Waals surface area contributed by atoms with E-state index in [4.69, 9.17) is 0 Å². The molecule has 0 aliphatic carbocycles. The van der Waals surface area contributed by atoms with E-state index in [9.17, 15) is 10.1 Å². The lowest BCUT2D eigenvalue weighted by atomic mass is 10.2. The minimum absolute atomic E-state index is 0.0507. The number of aromatic nitrogens is 2. The number of para-hydroxylation sites is 2. The Morgan fingerprint density at radius 1 is 1.21 bits per heavy atom. The number of benzene rings is 2. The highest BCUT2D eigenvalue weighted by Crippen LogP contribution is 2.28. The number of nitro groups is 1. The third-order valence-corrected chi connectivity index (χ3v) is 2.82. The lowest BCUT2D eigenvalue weighted by Gasteiger charge is -2.06. The maximum absolute atomic E-state index is 10.9. The molecular formula is C13H10N4O2. The second-order valence-corrected chi connectivity index (χ2v) is 4.07. The fourth-order valence-corrected chi connectivity index (χ4v) is 1.91. The molecule has 0 radical (unpaired) electrons. The van der Waals surface area contributed by atoms with Crippen molar-refractivity contribution >= 4 is 28.0 Å². The van der Waals surface area contributed by atoms with E-state index in [1.807, 2.05) is 18.2 Å². The van der Waals surface area contributed by atoms with Gasteiger partial charge in [-0.15, -0.1) is 0 Å². The summed E-state index contributed by atoms with van der Waals surface area (Å²) in [6, 6.07) is 12.1. The minimum Gasteiger partial charge on any atom is -0.350 e. The van der Waals surface area contributed by atoms with Crippen LogP contribution >= 0.6 is 0 Å². The van der Waals surface area contributed by atoms with Crippen molar-refractivity contribution < 1.29 is 4.92 Å². The van der Waals surface area contributed by atoms with Gasteiger partial charge in [-0.3, -0.25) is 15.2 Å². The van der Waals surface area contributed by atoms with Crippen LogP contribution < -0.4 is 5.32 Å². The van der Waals surface area contributed by atoms with Crippen LogP contribution in [0.3, 0.4) is 0 Å². The molecule has 0 aliphatic rings. The van der Waals surface area contributed by atoms with E-state index in [1.165, 1.54) is 6.07 Å². The second kappa shape index (κ2) is 4.41. The van der Waals surface area contributed by atoms with Gasteiger partial charge in [0.05, 0.1) is 16.6 Å². The van der Waals surface area contributed by atoms with Gasteiger partial charge < -0.3 is 5.32 Å². The highest BCUT2D eigenvalue weighted by molar-refractivity contribution is 5.83. The summed E-state index contributed by atoms with van der Waals surface area (Å²) in [5.41, 5.74) is 2.22. The molecule has 0 bridgehead atoms. The van der Waals surface area contributed by atoms with Gasteiger partial charge in [0.2, 0.25) is 0 Å². The molecule has 2 aromatic carbocycles. The zero-order chi connectivity index (χ0) is 13.2. The Hall–Kier alpha value is -2.89. The third kappa shape index (κ3) is 2.11. The second-order valence-electron chi connectivity index (χ2n) is 4.07. The molecule has 0 atom stereocenters. The van der Waals surface area contributed by atoms with Gasteiger partial charge in [-0.25, -0.2) is 0 Å². The van der Waals surface area contributed by atoms with E-state index >= 15 is 0 Å². The highest BCUT2D eigenvalue weighted by Gasteiger charge is 2.12. The van der Waals surface area contributed by atoms with Crippen molar-refractivity contribution in [3.63, 3.8) is 0 Å². The predicted octanol–water partition coefficient (Wildman–Crippen LogP) is 3.21. The fourth-order valence-electron chi connectivity index (χ4n) is 1.91. The molecule has 2 N–H and O–H groups in total. The van der Waals surface area contributed by atoms with Crippen LogP contribution in [0.4, 0.5) is 17.1 Å². The number of anilines is 2. The average molecular weight is 254 g/mol. The molecule has 1 heterocycles. The molecule has 0 amide bonds. The number of hydrogen-bond donors (Lipinski definition) is 2. The van der Waals surface area contributed by atoms with Crippen molar-refractivity contribution in [2.24, 2.45) is 0 Å². The van der Waals surface area contributed by atoms with Gasteiger partial charge in [0, 0.05) is 17.1 Å². The fraction of sp³-hybridized carbons (Fsp3) is 0. The maximum Gasteiger partial charge on any atom is 0.292 e. The first kappa shape index (κ1) is 11.2. The number of rotatable bonds is 3. The first-order valence-corrected chi connectivity index (χ1v) is 5.67. The molecule has 19 heavy (non-hydrogen) atoms. The Morgan fingerprint density at radius 3 is 2.89 bits per heavy atom. The standard InChI is InChI=1S/C13H10N4O2/c18-17(19)13-4-2-1-3-12(13)15-10-5-6-11-9(7-10)8-14-16-11/h1-8,15H,(H,14,16). The lowest BCUT2D eigenvalue weighted by molar-refractivity contribution is -0.383. The monoisotopic (exact) mass is 254 g/mol. The smallest absolute Gasteiger partial charge is 0.292 e. The molecule has 6 nitrogen and oxygen atoms in total. The van der Waals surface area contributed by atoms with Crippen LogP contribution in [-0.4, -0.2) is 15.1 Å². The van der Waals surface area contributed by atoms with Gasteiger partial charge in [-0.2, -0.15) is 5.10 Å². The van der Waals surface area contributed by atoms with Crippen LogP contribution in [0.1, 0.15) is 0 Å². The molecule has 0 spiro atoms. The van der Waals surface area contributed by atoms with E-state index in [2.05, 4.69) is 15.5 Å². The SMILES string of the molecule is O=[N+]([O-])c1ccccc1Nc1ccc2[nH]ncc2c1. The summed E-state index contributed by atoms with van der Waals surface area (Å²) in [4.78, 5) is 10.5. The molecule has 6 heteroatoms. The quantitative estimate of drug-likeness (QED) is 0.555. The van der Waals surface area contributed by atoms with Gasteiger partial charge in [0.25, 0.3) is 5.69 Å². The number of hydrogen-bond acceptors (Lipinski definition) is 4. The predicted molar refractivity (Wildman–Crippen MR) is 72.5 cm³/mol. The van der Waals surface area contributed by atoms with Gasteiger partial charge in [0.1, 0.15) is 5.69 Å². The van der Waals surface area contributed by atoms with E-state index in [-0.39, 0.29) is 5.69 Å². The Balaban J connectivity index is 1.98. The zero-order valence-corrected chi connectivity index (χ0v) is 9.83. The topological polar surface area (TPSA) is 83.9 Å². The summed E-state index contributed by atoms with van der Waals surface area (Å²) in [7, 11) is 0. The van der Waals surface area contributed by atoms with Crippen LogP contribution in [-0.2, 0) is 0 Å². The summed E-state index contributed by atoms with van der Waals surface area (Å²) in [5.74, 6) is 0. The third-order valence-electron chi connectivity index (χ3n) is 2.82. The van der Waals surface area contributed by atoms with Crippen LogP contribution in [0.15, 0.2) is 48.7 Å². The van der Waals surface area contributed by atoms with Gasteiger partial charge >= 0.3 is 0 Å². The largest absolute Gasteiger partial charge is 0.350 e. The normalized spacial score (nSPS) is 10.5. The maximum atomic E-state index is 10.9. The molecule has 0 saturated heterocycles. The van der Waals surface area contributed by atoms with Gasteiger partial charge in [-0.05, 0) is 24.3 Å². The molecular weight excluding hydrogens is 244 g/mol.